The van der Waals surface area contributed by atoms with Gasteiger partial charge in [-0.15, -0.1) is 0 Å². The number of nitrogens with zero attached hydrogens (tertiary/aromatic N) is 2. The first kappa shape index (κ1) is 12.0. The lowest BCUT2D eigenvalue weighted by Gasteiger charge is -2.09. The maximum Gasteiger partial charge on any atom is 0.349 e. The first-order valence-corrected chi connectivity index (χ1v) is 5.60. The van der Waals surface area contributed by atoms with E-state index in [1.165, 1.54) is 10.8 Å². The fourth-order valence-corrected chi connectivity index (χ4v) is 1.73. The maximum absolute atomic E-state index is 12.2. The van der Waals surface area contributed by atoms with Gasteiger partial charge in [-0.05, 0) is 6.92 Å². The molecule has 18 heavy (non-hydrogen) atoms. The molecule has 2 rings (SSSR count). The lowest BCUT2D eigenvalue weighted by Crippen LogP contribution is -2.27. The molecular formula is C13H13N3O2. The second kappa shape index (κ2) is 4.83. The van der Waals surface area contributed by atoms with Crippen LogP contribution in [0.3, 0.4) is 0 Å². The van der Waals surface area contributed by atoms with Crippen LogP contribution in [0.4, 0.5) is 5.82 Å². The van der Waals surface area contributed by atoms with Crippen molar-refractivity contribution in [2.45, 2.75) is 13.5 Å². The van der Waals surface area contributed by atoms with Gasteiger partial charge in [0.1, 0.15) is 5.82 Å². The highest BCUT2D eigenvalue weighted by Crippen LogP contribution is 2.13. The maximum atomic E-state index is 12.2. The molecule has 0 unspecified atom stereocenters. The molecule has 5 nitrogen and oxygen atoms in total. The molecule has 0 fully saturated rings. The summed E-state index contributed by atoms with van der Waals surface area (Å²) < 4.78 is 1.27. The van der Waals surface area contributed by atoms with Gasteiger partial charge in [0.2, 0.25) is 0 Å². The highest BCUT2D eigenvalue weighted by Gasteiger charge is 2.15. The summed E-state index contributed by atoms with van der Waals surface area (Å²) in [7, 11) is 0. The van der Waals surface area contributed by atoms with Crippen LogP contribution in [-0.2, 0) is 6.54 Å². The smallest absolute Gasteiger partial charge is 0.349 e. The topological polar surface area (TPSA) is 78.0 Å². The molecule has 1 aromatic carbocycles. The van der Waals surface area contributed by atoms with Crippen LogP contribution in [0.15, 0.2) is 41.3 Å². The Balaban J connectivity index is 2.53. The number of anilines is 1. The number of aromatic nitrogens is 2. The van der Waals surface area contributed by atoms with Crippen molar-refractivity contribution in [3.63, 3.8) is 0 Å². The van der Waals surface area contributed by atoms with Gasteiger partial charge in [0, 0.05) is 18.3 Å². The number of hydrogen-bond donors (Lipinski definition) is 1. The summed E-state index contributed by atoms with van der Waals surface area (Å²) >= 11 is 0. The Morgan fingerprint density at radius 1 is 1.33 bits per heavy atom. The zero-order valence-corrected chi connectivity index (χ0v) is 9.96. The number of carbonyl (C=O) groups excluding carboxylic acids is 1. The summed E-state index contributed by atoms with van der Waals surface area (Å²) in [5, 5.41) is 0. The van der Waals surface area contributed by atoms with Crippen LogP contribution >= 0.6 is 0 Å². The van der Waals surface area contributed by atoms with Crippen molar-refractivity contribution in [1.82, 2.24) is 9.55 Å². The van der Waals surface area contributed by atoms with Gasteiger partial charge in [-0.1, -0.05) is 30.3 Å². The second-order valence-electron chi connectivity index (χ2n) is 3.78. The summed E-state index contributed by atoms with van der Waals surface area (Å²) in [5.41, 5.74) is 6.16. The predicted octanol–water partition coefficient (Wildman–Crippen LogP) is 1.08. The molecule has 0 aliphatic carbocycles. The van der Waals surface area contributed by atoms with Crippen LogP contribution < -0.4 is 11.4 Å². The fraction of sp³-hybridized carbons (Fsp3) is 0.154. The van der Waals surface area contributed by atoms with E-state index in [2.05, 4.69) is 4.98 Å². The number of rotatable bonds is 3. The monoisotopic (exact) mass is 243 g/mol. The third-order valence-corrected chi connectivity index (χ3v) is 2.70. The average molecular weight is 243 g/mol. The Morgan fingerprint density at radius 3 is 2.61 bits per heavy atom. The number of ketones is 1. The first-order valence-electron chi connectivity index (χ1n) is 5.60. The minimum absolute atomic E-state index is 0.159. The third-order valence-electron chi connectivity index (χ3n) is 2.70. The summed E-state index contributed by atoms with van der Waals surface area (Å²) in [5.74, 6) is -0.0749. The molecule has 0 bridgehead atoms. The normalized spacial score (nSPS) is 10.3. The quantitative estimate of drug-likeness (QED) is 0.818. The summed E-state index contributed by atoms with van der Waals surface area (Å²) in [4.78, 5) is 27.3. The standard InChI is InChI=1S/C13H13N3O2/c1-2-16-12(14)10(8-15-13(16)18)11(17)9-6-4-3-5-7-9/h3-8H,2,14H2,1H3. The molecule has 0 aliphatic heterocycles. The van der Waals surface area contributed by atoms with E-state index < -0.39 is 5.69 Å². The van der Waals surface area contributed by atoms with Gasteiger partial charge in [-0.25, -0.2) is 9.78 Å². The Hall–Kier alpha value is -2.43. The van der Waals surface area contributed by atoms with E-state index in [0.717, 1.165) is 0 Å². The average Bonchev–Trinajstić information content (AvgIpc) is 2.40. The van der Waals surface area contributed by atoms with Crippen molar-refractivity contribution in [3.05, 3.63) is 58.1 Å². The Morgan fingerprint density at radius 2 is 2.00 bits per heavy atom. The molecule has 92 valence electrons. The van der Waals surface area contributed by atoms with Crippen LogP contribution in [0.1, 0.15) is 22.8 Å². The summed E-state index contributed by atoms with van der Waals surface area (Å²) in [6.07, 6.45) is 1.24. The molecule has 1 aromatic heterocycles. The van der Waals surface area contributed by atoms with E-state index in [1.807, 2.05) is 6.07 Å². The highest BCUT2D eigenvalue weighted by atomic mass is 16.1. The number of benzene rings is 1. The van der Waals surface area contributed by atoms with Gasteiger partial charge in [-0.2, -0.15) is 0 Å². The fourth-order valence-electron chi connectivity index (χ4n) is 1.73. The van der Waals surface area contributed by atoms with E-state index in [9.17, 15) is 9.59 Å². The van der Waals surface area contributed by atoms with Crippen molar-refractivity contribution in [1.29, 1.82) is 0 Å². The van der Waals surface area contributed by atoms with Gasteiger partial charge >= 0.3 is 5.69 Å². The molecule has 2 aromatic rings. The van der Waals surface area contributed by atoms with Gasteiger partial charge in [0.15, 0.2) is 5.78 Å². The van der Waals surface area contributed by atoms with Gasteiger partial charge in [0.05, 0.1) is 5.56 Å². The summed E-state index contributed by atoms with van der Waals surface area (Å²) in [6.45, 7) is 2.16. The van der Waals surface area contributed by atoms with E-state index in [0.29, 0.717) is 12.1 Å². The van der Waals surface area contributed by atoms with Crippen LogP contribution in [0.2, 0.25) is 0 Å². The molecule has 1 heterocycles. The zero-order chi connectivity index (χ0) is 13.1. The van der Waals surface area contributed by atoms with Crippen LogP contribution in [0.5, 0.6) is 0 Å². The Kier molecular flexibility index (Phi) is 3.23. The predicted molar refractivity (Wildman–Crippen MR) is 68.5 cm³/mol. The summed E-state index contributed by atoms with van der Waals surface area (Å²) in [6, 6.07) is 8.76. The van der Waals surface area contributed by atoms with Crippen LogP contribution in [-0.4, -0.2) is 15.3 Å². The zero-order valence-electron chi connectivity index (χ0n) is 9.96. The molecule has 5 heteroatoms. The number of nitrogen functional groups attached to an aromatic ring is 1. The molecule has 0 aliphatic rings. The SMILES string of the molecule is CCn1c(N)c(C(=O)c2ccccc2)cnc1=O. The van der Waals surface area contributed by atoms with Gasteiger partial charge in [0.25, 0.3) is 0 Å². The minimum Gasteiger partial charge on any atom is -0.384 e. The third kappa shape index (κ3) is 2.02. The van der Waals surface area contributed by atoms with Crippen LogP contribution in [0.25, 0.3) is 0 Å². The van der Waals surface area contributed by atoms with E-state index in [-0.39, 0.29) is 17.2 Å². The molecule has 0 saturated carbocycles. The van der Waals surface area contributed by atoms with Crippen molar-refractivity contribution < 1.29 is 4.79 Å². The number of nitrogens with two attached hydrogens (primary N) is 1. The van der Waals surface area contributed by atoms with Crippen LogP contribution in [0, 0.1) is 0 Å². The van der Waals surface area contributed by atoms with Crippen molar-refractivity contribution >= 4 is 11.6 Å². The van der Waals surface area contributed by atoms with Crippen molar-refractivity contribution in [2.24, 2.45) is 0 Å². The largest absolute Gasteiger partial charge is 0.384 e. The molecule has 2 N–H and O–H groups in total. The molecule has 0 atom stereocenters. The van der Waals surface area contributed by atoms with Crippen molar-refractivity contribution in [2.75, 3.05) is 5.73 Å². The van der Waals surface area contributed by atoms with Gasteiger partial charge < -0.3 is 5.73 Å². The minimum atomic E-state index is -0.445. The molecule has 0 amide bonds. The van der Waals surface area contributed by atoms with Crippen molar-refractivity contribution in [3.8, 4) is 0 Å². The molecule has 0 saturated heterocycles. The lowest BCUT2D eigenvalue weighted by molar-refractivity contribution is 0.103. The highest BCUT2D eigenvalue weighted by molar-refractivity contribution is 6.11. The Bertz CT molecular complexity index is 632. The molecule has 0 radical (unpaired) electrons. The number of carbonyl (C=O) groups is 1. The number of hydrogen-bond acceptors (Lipinski definition) is 4. The molecule has 0 spiro atoms. The lowest BCUT2D eigenvalue weighted by atomic mass is 10.1. The van der Waals surface area contributed by atoms with E-state index in [1.54, 1.807) is 31.2 Å². The van der Waals surface area contributed by atoms with E-state index in [4.69, 9.17) is 5.73 Å². The molecular weight excluding hydrogens is 230 g/mol. The van der Waals surface area contributed by atoms with E-state index >= 15 is 0 Å². The first-order chi connectivity index (χ1) is 8.65. The van der Waals surface area contributed by atoms with Gasteiger partial charge in [-0.3, -0.25) is 9.36 Å². The Labute approximate surface area is 104 Å². The second-order valence-corrected chi connectivity index (χ2v) is 3.78.